The van der Waals surface area contributed by atoms with Crippen molar-refractivity contribution in [2.45, 2.75) is 7.43 Å². The van der Waals surface area contributed by atoms with Crippen LogP contribution in [-0.4, -0.2) is 14.2 Å². The Labute approximate surface area is 64.1 Å². The molecule has 0 aliphatic heterocycles. The van der Waals surface area contributed by atoms with E-state index in [4.69, 9.17) is 0 Å². The predicted molar refractivity (Wildman–Crippen MR) is 32.2 cm³/mol. The first kappa shape index (κ1) is 15.7. The second-order valence-electron chi connectivity index (χ2n) is 0.821. The SMILES string of the molecule is C.C=C([N-]C)OC.[Ru+]. The average molecular weight is 203 g/mol. The second-order valence-corrected chi connectivity index (χ2v) is 0.821. The topological polar surface area (TPSA) is 23.3 Å². The Bertz CT molecular complexity index is 50.4. The first-order chi connectivity index (χ1) is 2.81. The van der Waals surface area contributed by atoms with Gasteiger partial charge in [0.05, 0.1) is 7.11 Å². The summed E-state index contributed by atoms with van der Waals surface area (Å²) in [6.07, 6.45) is 0. The van der Waals surface area contributed by atoms with Crippen LogP contribution in [0.15, 0.2) is 12.5 Å². The largest absolute Gasteiger partial charge is 1.00 e. The summed E-state index contributed by atoms with van der Waals surface area (Å²) < 4.78 is 4.54. The maximum absolute atomic E-state index is 4.54. The van der Waals surface area contributed by atoms with Gasteiger partial charge < -0.3 is 10.1 Å². The monoisotopic (exact) mass is 204 g/mol. The molecule has 0 spiro atoms. The summed E-state index contributed by atoms with van der Waals surface area (Å²) in [5, 5.41) is 3.59. The summed E-state index contributed by atoms with van der Waals surface area (Å²) in [6.45, 7) is 3.40. The summed E-state index contributed by atoms with van der Waals surface area (Å²) in [4.78, 5) is 0. The molecule has 0 unspecified atom stereocenters. The van der Waals surface area contributed by atoms with Crippen molar-refractivity contribution in [3.63, 3.8) is 0 Å². The molecule has 0 rings (SSSR count). The zero-order chi connectivity index (χ0) is 4.99. The van der Waals surface area contributed by atoms with Crippen LogP contribution < -0.4 is 0 Å². The van der Waals surface area contributed by atoms with Gasteiger partial charge in [-0.15, -0.1) is 7.05 Å². The smallest absolute Gasteiger partial charge is 0.657 e. The van der Waals surface area contributed by atoms with Crippen LogP contribution in [0, 0.1) is 0 Å². The molecule has 0 amide bonds. The average Bonchev–Trinajstić information content (AvgIpc) is 1.65. The molecule has 0 aliphatic rings. The van der Waals surface area contributed by atoms with Crippen molar-refractivity contribution in [2.24, 2.45) is 0 Å². The van der Waals surface area contributed by atoms with Gasteiger partial charge in [0.2, 0.25) is 0 Å². The molecule has 8 heavy (non-hydrogen) atoms. The Kier molecular flexibility index (Phi) is 19.7. The Morgan fingerprint density at radius 1 is 1.62 bits per heavy atom. The van der Waals surface area contributed by atoms with Crippen LogP contribution >= 0.6 is 0 Å². The fourth-order valence-electron chi connectivity index (χ4n) is 0.0913. The molecular formula is C5H12NORu. The fraction of sp³-hybridized carbons (Fsp3) is 0.600. The molecule has 0 fully saturated rings. The van der Waals surface area contributed by atoms with Crippen LogP contribution in [0.3, 0.4) is 0 Å². The van der Waals surface area contributed by atoms with Gasteiger partial charge >= 0.3 is 19.5 Å². The van der Waals surface area contributed by atoms with Gasteiger partial charge in [-0.2, -0.15) is 0 Å². The third-order valence-corrected chi connectivity index (χ3v) is 0.485. The van der Waals surface area contributed by atoms with E-state index in [1.165, 1.54) is 7.11 Å². The summed E-state index contributed by atoms with van der Waals surface area (Å²) >= 11 is 0. The van der Waals surface area contributed by atoms with Gasteiger partial charge in [-0.05, 0) is 0 Å². The van der Waals surface area contributed by atoms with Crippen molar-refractivity contribution < 1.29 is 24.2 Å². The van der Waals surface area contributed by atoms with Gasteiger partial charge in [0.25, 0.3) is 0 Å². The van der Waals surface area contributed by atoms with Crippen LogP contribution in [-0.2, 0) is 24.2 Å². The zero-order valence-electron chi connectivity index (χ0n) is 4.42. The van der Waals surface area contributed by atoms with Crippen molar-refractivity contribution >= 4 is 0 Å². The molecule has 51 valence electrons. The third-order valence-electron chi connectivity index (χ3n) is 0.485. The van der Waals surface area contributed by atoms with E-state index in [2.05, 4.69) is 16.6 Å². The van der Waals surface area contributed by atoms with E-state index in [0.29, 0.717) is 5.88 Å². The van der Waals surface area contributed by atoms with Crippen molar-refractivity contribution in [3.05, 3.63) is 17.8 Å². The molecule has 0 N–H and O–H groups in total. The minimum absolute atomic E-state index is 0. The maximum atomic E-state index is 4.54. The van der Waals surface area contributed by atoms with Gasteiger partial charge in [-0.3, -0.25) is 0 Å². The normalized spacial score (nSPS) is 5.25. The molecule has 2 nitrogen and oxygen atoms in total. The van der Waals surface area contributed by atoms with Gasteiger partial charge in [0.1, 0.15) is 0 Å². The Morgan fingerprint density at radius 2 is 2.00 bits per heavy atom. The van der Waals surface area contributed by atoms with Crippen molar-refractivity contribution in [1.29, 1.82) is 0 Å². The number of methoxy groups -OCH3 is 1. The first-order valence-electron chi connectivity index (χ1n) is 1.64. The molecule has 0 bridgehead atoms. The molecule has 1 radical (unpaired) electrons. The third kappa shape index (κ3) is 9.35. The van der Waals surface area contributed by atoms with E-state index in [1.807, 2.05) is 0 Å². The zero-order valence-corrected chi connectivity index (χ0v) is 6.15. The van der Waals surface area contributed by atoms with E-state index < -0.39 is 0 Å². The summed E-state index contributed by atoms with van der Waals surface area (Å²) in [7, 11) is 3.17. The second kappa shape index (κ2) is 10.1. The molecule has 0 aliphatic carbocycles. The molecule has 0 saturated carbocycles. The van der Waals surface area contributed by atoms with E-state index in [-0.39, 0.29) is 26.9 Å². The number of ether oxygens (including phenoxy) is 1. The summed E-state index contributed by atoms with van der Waals surface area (Å²) in [5.41, 5.74) is 0. The Morgan fingerprint density at radius 3 is 2.00 bits per heavy atom. The van der Waals surface area contributed by atoms with Crippen LogP contribution in [0.4, 0.5) is 0 Å². The Hall–Kier alpha value is -0.0366. The molecule has 0 atom stereocenters. The number of hydrogen-bond acceptors (Lipinski definition) is 1. The summed E-state index contributed by atoms with van der Waals surface area (Å²) in [6, 6.07) is 0. The van der Waals surface area contributed by atoms with Crippen LogP contribution in [0.2, 0.25) is 0 Å². The van der Waals surface area contributed by atoms with Gasteiger partial charge in [-0.1, -0.05) is 14.0 Å². The predicted octanol–water partition coefficient (Wildman–Crippen LogP) is 1.74. The van der Waals surface area contributed by atoms with Crippen molar-refractivity contribution in [2.75, 3.05) is 14.2 Å². The molecular weight excluding hydrogens is 191 g/mol. The fourth-order valence-corrected chi connectivity index (χ4v) is 0.0913. The van der Waals surface area contributed by atoms with Gasteiger partial charge in [0, 0.05) is 5.88 Å². The van der Waals surface area contributed by atoms with Crippen molar-refractivity contribution in [3.8, 4) is 0 Å². The Balaban J connectivity index is -0.000000125. The van der Waals surface area contributed by atoms with Gasteiger partial charge in [-0.25, -0.2) is 0 Å². The molecule has 0 saturated heterocycles. The number of rotatable bonds is 2. The molecule has 0 aromatic carbocycles. The number of hydrogen-bond donors (Lipinski definition) is 0. The molecule has 0 aromatic heterocycles. The minimum atomic E-state index is 0. The van der Waals surface area contributed by atoms with Crippen molar-refractivity contribution in [1.82, 2.24) is 0 Å². The maximum Gasteiger partial charge on any atom is 1.00 e. The summed E-state index contributed by atoms with van der Waals surface area (Å²) in [5.74, 6) is 0.468. The molecule has 0 heterocycles. The minimum Gasteiger partial charge on any atom is -0.657 e. The standard InChI is InChI=1S/C4H8NO.CH4.Ru/c1-4(5-2)6-3;;/h1H2,2-3H3;1H4;/q-1;;+1. The molecule has 3 heteroatoms. The van der Waals surface area contributed by atoms with E-state index in [1.54, 1.807) is 7.05 Å². The quantitative estimate of drug-likeness (QED) is 0.495. The van der Waals surface area contributed by atoms with E-state index in [0.717, 1.165) is 0 Å². The van der Waals surface area contributed by atoms with Crippen LogP contribution in [0.1, 0.15) is 7.43 Å². The molecule has 0 aromatic rings. The van der Waals surface area contributed by atoms with E-state index >= 15 is 0 Å². The van der Waals surface area contributed by atoms with Gasteiger partial charge in [0.15, 0.2) is 0 Å². The van der Waals surface area contributed by atoms with Crippen LogP contribution in [0.5, 0.6) is 0 Å². The first-order valence-corrected chi connectivity index (χ1v) is 1.64. The van der Waals surface area contributed by atoms with Crippen LogP contribution in [0.25, 0.3) is 5.32 Å². The number of nitrogens with zero attached hydrogens (tertiary/aromatic N) is 1. The van der Waals surface area contributed by atoms with E-state index in [9.17, 15) is 0 Å².